The minimum absolute atomic E-state index is 0.252. The van der Waals surface area contributed by atoms with Crippen molar-refractivity contribution >= 4 is 0 Å². The summed E-state index contributed by atoms with van der Waals surface area (Å²) in [5.74, 6) is 2.26. The van der Waals surface area contributed by atoms with Crippen LogP contribution in [0.5, 0.6) is 0 Å². The van der Waals surface area contributed by atoms with Crippen LogP contribution in [0.3, 0.4) is 0 Å². The fourth-order valence-corrected chi connectivity index (χ4v) is 3.26. The zero-order chi connectivity index (χ0) is 10.2. The number of rotatable bonds is 3. The van der Waals surface area contributed by atoms with Gasteiger partial charge in [0, 0.05) is 0 Å². The van der Waals surface area contributed by atoms with Gasteiger partial charge in [-0.25, -0.2) is 0 Å². The van der Waals surface area contributed by atoms with Crippen molar-refractivity contribution in [2.75, 3.05) is 0 Å². The van der Waals surface area contributed by atoms with E-state index in [9.17, 15) is 5.11 Å². The van der Waals surface area contributed by atoms with Crippen molar-refractivity contribution in [2.24, 2.45) is 17.8 Å². The molecule has 0 aromatic rings. The Labute approximate surface area is 87.9 Å². The summed E-state index contributed by atoms with van der Waals surface area (Å²) < 4.78 is 0. The molecule has 2 saturated carbocycles. The summed E-state index contributed by atoms with van der Waals surface area (Å²) in [4.78, 5) is 0. The summed E-state index contributed by atoms with van der Waals surface area (Å²) >= 11 is 0. The third kappa shape index (κ3) is 2.31. The first-order valence-electron chi connectivity index (χ1n) is 6.32. The van der Waals surface area contributed by atoms with E-state index >= 15 is 0 Å². The predicted octanol–water partition coefficient (Wildman–Crippen LogP) is 3.36. The normalized spacial score (nSPS) is 39.0. The minimum Gasteiger partial charge on any atom is -0.390 e. The van der Waals surface area contributed by atoms with Crippen LogP contribution < -0.4 is 0 Å². The first-order valence-corrected chi connectivity index (χ1v) is 6.32. The van der Waals surface area contributed by atoms with Gasteiger partial charge in [-0.05, 0) is 49.9 Å². The Morgan fingerprint density at radius 2 is 2.00 bits per heavy atom. The lowest BCUT2D eigenvalue weighted by molar-refractivity contribution is -0.0382. The fourth-order valence-electron chi connectivity index (χ4n) is 3.26. The Hall–Kier alpha value is -0.0400. The Bertz CT molecular complexity index is 195. The van der Waals surface area contributed by atoms with E-state index in [1.54, 1.807) is 0 Å². The first kappa shape index (κ1) is 10.5. The summed E-state index contributed by atoms with van der Waals surface area (Å²) in [6, 6.07) is 0. The molecule has 2 aliphatic carbocycles. The second kappa shape index (κ2) is 3.84. The van der Waals surface area contributed by atoms with E-state index in [1.807, 2.05) is 0 Å². The molecule has 2 fully saturated rings. The van der Waals surface area contributed by atoms with E-state index in [-0.39, 0.29) is 5.60 Å². The van der Waals surface area contributed by atoms with Crippen molar-refractivity contribution in [3.63, 3.8) is 0 Å². The quantitative estimate of drug-likeness (QED) is 0.734. The van der Waals surface area contributed by atoms with E-state index < -0.39 is 0 Å². The van der Waals surface area contributed by atoms with Gasteiger partial charge in [0.15, 0.2) is 0 Å². The average molecular weight is 196 g/mol. The van der Waals surface area contributed by atoms with Crippen molar-refractivity contribution in [3.05, 3.63) is 0 Å². The van der Waals surface area contributed by atoms with E-state index in [2.05, 4.69) is 13.8 Å². The summed E-state index contributed by atoms with van der Waals surface area (Å²) in [5.41, 5.74) is -0.252. The lowest BCUT2D eigenvalue weighted by Gasteiger charge is -2.37. The number of hydrogen-bond donors (Lipinski definition) is 1. The maximum Gasteiger partial charge on any atom is 0.0678 e. The molecule has 82 valence electrons. The number of aliphatic hydroxyl groups is 1. The summed E-state index contributed by atoms with van der Waals surface area (Å²) in [6.07, 6.45) is 8.66. The second-order valence-corrected chi connectivity index (χ2v) is 5.97. The fraction of sp³-hybridized carbons (Fsp3) is 1.00. The van der Waals surface area contributed by atoms with Crippen LogP contribution >= 0.6 is 0 Å². The smallest absolute Gasteiger partial charge is 0.0678 e. The van der Waals surface area contributed by atoms with Gasteiger partial charge in [-0.2, -0.15) is 0 Å². The molecule has 0 aliphatic heterocycles. The zero-order valence-corrected chi connectivity index (χ0v) is 9.63. The van der Waals surface area contributed by atoms with Crippen molar-refractivity contribution < 1.29 is 5.11 Å². The van der Waals surface area contributed by atoms with Crippen molar-refractivity contribution in [3.8, 4) is 0 Å². The molecule has 2 aliphatic rings. The van der Waals surface area contributed by atoms with Crippen LogP contribution in [-0.4, -0.2) is 10.7 Å². The van der Waals surface area contributed by atoms with Gasteiger partial charge < -0.3 is 5.11 Å². The molecule has 0 amide bonds. The Morgan fingerprint density at radius 1 is 1.29 bits per heavy atom. The topological polar surface area (TPSA) is 20.2 Å². The van der Waals surface area contributed by atoms with Gasteiger partial charge in [-0.1, -0.05) is 26.7 Å². The minimum atomic E-state index is -0.252. The molecule has 1 heteroatoms. The SMILES string of the molecule is CC(C)CC1CCCC(O)(C2CC2)C1. The molecule has 1 nitrogen and oxygen atoms in total. The summed E-state index contributed by atoms with van der Waals surface area (Å²) in [7, 11) is 0. The van der Waals surface area contributed by atoms with Gasteiger partial charge in [-0.15, -0.1) is 0 Å². The maximum absolute atomic E-state index is 10.5. The van der Waals surface area contributed by atoms with Gasteiger partial charge in [-0.3, -0.25) is 0 Å². The zero-order valence-electron chi connectivity index (χ0n) is 9.63. The van der Waals surface area contributed by atoms with Crippen LogP contribution in [0.15, 0.2) is 0 Å². The highest BCUT2D eigenvalue weighted by atomic mass is 16.3. The van der Waals surface area contributed by atoms with E-state index in [0.717, 1.165) is 24.7 Å². The van der Waals surface area contributed by atoms with Crippen LogP contribution in [0.1, 0.15) is 58.8 Å². The van der Waals surface area contributed by atoms with Crippen LogP contribution in [0.4, 0.5) is 0 Å². The van der Waals surface area contributed by atoms with Crippen LogP contribution in [-0.2, 0) is 0 Å². The molecule has 0 aromatic carbocycles. The molecule has 0 bridgehead atoms. The van der Waals surface area contributed by atoms with E-state index in [4.69, 9.17) is 0 Å². The third-order valence-corrected chi connectivity index (χ3v) is 4.01. The lowest BCUT2D eigenvalue weighted by Crippen LogP contribution is -2.37. The highest BCUT2D eigenvalue weighted by molar-refractivity contribution is 4.98. The Kier molecular flexibility index (Phi) is 2.88. The van der Waals surface area contributed by atoms with E-state index in [1.165, 1.54) is 32.1 Å². The number of hydrogen-bond acceptors (Lipinski definition) is 1. The van der Waals surface area contributed by atoms with Gasteiger partial charge >= 0.3 is 0 Å². The summed E-state index contributed by atoms with van der Waals surface area (Å²) in [6.45, 7) is 4.59. The Morgan fingerprint density at radius 3 is 2.57 bits per heavy atom. The second-order valence-electron chi connectivity index (χ2n) is 5.97. The van der Waals surface area contributed by atoms with Gasteiger partial charge in [0.1, 0.15) is 0 Å². The Balaban J connectivity index is 1.89. The molecule has 2 unspecified atom stereocenters. The van der Waals surface area contributed by atoms with Crippen molar-refractivity contribution in [1.82, 2.24) is 0 Å². The molecule has 0 aromatic heterocycles. The molecular weight excluding hydrogens is 172 g/mol. The van der Waals surface area contributed by atoms with Crippen molar-refractivity contribution in [2.45, 2.75) is 64.4 Å². The van der Waals surface area contributed by atoms with Gasteiger partial charge in [0.25, 0.3) is 0 Å². The maximum atomic E-state index is 10.5. The molecule has 14 heavy (non-hydrogen) atoms. The molecule has 0 spiro atoms. The van der Waals surface area contributed by atoms with Crippen molar-refractivity contribution in [1.29, 1.82) is 0 Å². The predicted molar refractivity (Wildman–Crippen MR) is 59.1 cm³/mol. The molecule has 0 saturated heterocycles. The van der Waals surface area contributed by atoms with Gasteiger partial charge in [0.05, 0.1) is 5.60 Å². The highest BCUT2D eigenvalue weighted by Gasteiger charge is 2.46. The third-order valence-electron chi connectivity index (χ3n) is 4.01. The molecule has 2 rings (SSSR count). The highest BCUT2D eigenvalue weighted by Crippen LogP contribution is 2.49. The van der Waals surface area contributed by atoms with Crippen LogP contribution in [0.25, 0.3) is 0 Å². The molecule has 0 heterocycles. The van der Waals surface area contributed by atoms with E-state index in [0.29, 0.717) is 5.92 Å². The monoisotopic (exact) mass is 196 g/mol. The van der Waals surface area contributed by atoms with Crippen LogP contribution in [0.2, 0.25) is 0 Å². The molecule has 2 atom stereocenters. The first-order chi connectivity index (χ1) is 6.60. The van der Waals surface area contributed by atoms with Gasteiger partial charge in [0.2, 0.25) is 0 Å². The lowest BCUT2D eigenvalue weighted by atomic mass is 9.73. The largest absolute Gasteiger partial charge is 0.390 e. The standard InChI is InChI=1S/C13H24O/c1-10(2)8-11-4-3-7-13(14,9-11)12-5-6-12/h10-12,14H,3-9H2,1-2H3. The molecular formula is C13H24O. The molecule has 0 radical (unpaired) electrons. The molecule has 1 N–H and O–H groups in total. The average Bonchev–Trinajstić information content (AvgIpc) is 2.84. The summed E-state index contributed by atoms with van der Waals surface area (Å²) in [5, 5.41) is 10.5. The van der Waals surface area contributed by atoms with Crippen LogP contribution in [0, 0.1) is 17.8 Å².